The molecule has 0 saturated heterocycles. The zero-order chi connectivity index (χ0) is 23.6. The topological polar surface area (TPSA) is 17.8 Å². The third-order valence-electron chi connectivity index (χ3n) is 7.74. The van der Waals surface area contributed by atoms with Crippen molar-refractivity contribution in [1.29, 1.82) is 0 Å². The minimum atomic E-state index is 0.230. The van der Waals surface area contributed by atoms with Gasteiger partial charge in [-0.25, -0.2) is 0 Å². The van der Waals surface area contributed by atoms with Gasteiger partial charge in [-0.2, -0.15) is 0 Å². The van der Waals surface area contributed by atoms with Crippen LogP contribution in [0.5, 0.6) is 0 Å². The monoisotopic (exact) mass is 458 g/mol. The van der Waals surface area contributed by atoms with E-state index in [1.807, 2.05) is 18.5 Å². The van der Waals surface area contributed by atoms with E-state index in [0.717, 1.165) is 5.69 Å². The average Bonchev–Trinajstić information content (AvgIpc) is 3.47. The number of para-hydroxylation sites is 1. The number of hydrogen-bond donors (Lipinski definition) is 0. The van der Waals surface area contributed by atoms with Gasteiger partial charge in [-0.05, 0) is 51.4 Å². The van der Waals surface area contributed by atoms with Crippen molar-refractivity contribution in [3.05, 3.63) is 144 Å². The largest absolute Gasteiger partial charge is 0.307 e. The van der Waals surface area contributed by atoms with E-state index in [0.29, 0.717) is 0 Å². The Bertz CT molecular complexity index is 1930. The van der Waals surface area contributed by atoms with Crippen LogP contribution in [0.3, 0.4) is 0 Å². The molecule has 8 rings (SSSR count). The van der Waals surface area contributed by atoms with Crippen LogP contribution in [0.1, 0.15) is 22.6 Å². The van der Waals surface area contributed by atoms with Crippen LogP contribution >= 0.6 is 0 Å². The summed E-state index contributed by atoms with van der Waals surface area (Å²) in [5.41, 5.74) is 10.3. The molecule has 0 bridgehead atoms. The molecule has 5 aromatic carbocycles. The zero-order valence-electron chi connectivity index (χ0n) is 19.6. The van der Waals surface area contributed by atoms with E-state index in [2.05, 4.69) is 119 Å². The van der Waals surface area contributed by atoms with Gasteiger partial charge in [-0.1, -0.05) is 97.1 Å². The van der Waals surface area contributed by atoms with Crippen molar-refractivity contribution in [2.75, 3.05) is 0 Å². The summed E-state index contributed by atoms with van der Waals surface area (Å²) >= 11 is 0. The molecule has 2 aromatic heterocycles. The highest BCUT2D eigenvalue weighted by molar-refractivity contribution is 6.23. The summed E-state index contributed by atoms with van der Waals surface area (Å²) in [6.07, 6.45) is 3.81. The summed E-state index contributed by atoms with van der Waals surface area (Å²) in [6.45, 7) is 0. The Morgan fingerprint density at radius 3 is 2.31 bits per heavy atom. The number of rotatable bonds is 2. The Hall–Kier alpha value is -4.69. The van der Waals surface area contributed by atoms with E-state index in [1.54, 1.807) is 0 Å². The molecule has 0 aliphatic heterocycles. The van der Waals surface area contributed by atoms with Gasteiger partial charge in [0.05, 0.1) is 22.9 Å². The second-order valence-electron chi connectivity index (χ2n) is 9.58. The number of hydrogen-bond acceptors (Lipinski definition) is 1. The van der Waals surface area contributed by atoms with Crippen LogP contribution in [0, 0.1) is 0 Å². The molecule has 2 heterocycles. The number of benzene rings is 5. The first-order chi connectivity index (χ1) is 17.9. The lowest BCUT2D eigenvalue weighted by Gasteiger charge is -2.16. The number of nitrogens with zero attached hydrogens (tertiary/aromatic N) is 2. The fourth-order valence-corrected chi connectivity index (χ4v) is 6.32. The maximum absolute atomic E-state index is 4.47. The van der Waals surface area contributed by atoms with Crippen LogP contribution in [-0.4, -0.2) is 9.55 Å². The Morgan fingerprint density at radius 2 is 1.42 bits per heavy atom. The summed E-state index contributed by atoms with van der Waals surface area (Å²) in [6, 6.07) is 42.0. The second-order valence-corrected chi connectivity index (χ2v) is 9.58. The van der Waals surface area contributed by atoms with Crippen molar-refractivity contribution in [3.8, 4) is 16.8 Å². The van der Waals surface area contributed by atoms with E-state index in [1.165, 1.54) is 60.4 Å². The van der Waals surface area contributed by atoms with Crippen LogP contribution in [0.25, 0.3) is 49.4 Å². The highest BCUT2D eigenvalue weighted by Gasteiger charge is 2.32. The fraction of sp³-hybridized carbons (Fsp3) is 0.0294. The lowest BCUT2D eigenvalue weighted by atomic mass is 9.88. The standard InChI is InChI=1S/C34H22N2/c1-2-9-22(10-3-1)31-26-13-4-5-14-27(26)33-29(31)19-17-23-16-18-28-25-12-6-7-15-30(25)36(34(28)32(23)33)24-11-8-20-35-21-24/h1-21,31H. The van der Waals surface area contributed by atoms with Gasteiger partial charge in [-0.15, -0.1) is 0 Å². The smallest absolute Gasteiger partial charge is 0.0645 e. The van der Waals surface area contributed by atoms with Crippen LogP contribution in [0.2, 0.25) is 0 Å². The maximum Gasteiger partial charge on any atom is 0.0645 e. The van der Waals surface area contributed by atoms with Crippen molar-refractivity contribution >= 4 is 32.6 Å². The first kappa shape index (κ1) is 19.6. The van der Waals surface area contributed by atoms with Crippen LogP contribution < -0.4 is 0 Å². The highest BCUT2D eigenvalue weighted by Crippen LogP contribution is 2.52. The van der Waals surface area contributed by atoms with Gasteiger partial charge < -0.3 is 4.57 Å². The van der Waals surface area contributed by atoms with Gasteiger partial charge in [0.25, 0.3) is 0 Å². The molecule has 2 heteroatoms. The molecule has 36 heavy (non-hydrogen) atoms. The quantitative estimate of drug-likeness (QED) is 0.254. The summed E-state index contributed by atoms with van der Waals surface area (Å²) in [7, 11) is 0. The number of aromatic nitrogens is 2. The SMILES string of the molecule is c1ccc(C2c3ccccc3-c3c2ccc2ccc4c5ccccc5n(-c5cccnc5)c4c32)cc1. The van der Waals surface area contributed by atoms with E-state index >= 15 is 0 Å². The van der Waals surface area contributed by atoms with Crippen molar-refractivity contribution in [2.45, 2.75) is 5.92 Å². The van der Waals surface area contributed by atoms with E-state index in [9.17, 15) is 0 Å². The van der Waals surface area contributed by atoms with E-state index in [4.69, 9.17) is 0 Å². The summed E-state index contributed by atoms with van der Waals surface area (Å²) in [5.74, 6) is 0.230. The van der Waals surface area contributed by atoms with Crippen molar-refractivity contribution in [2.24, 2.45) is 0 Å². The minimum absolute atomic E-state index is 0.230. The van der Waals surface area contributed by atoms with Gasteiger partial charge in [0.15, 0.2) is 0 Å². The predicted molar refractivity (Wildman–Crippen MR) is 149 cm³/mol. The van der Waals surface area contributed by atoms with Crippen molar-refractivity contribution in [3.63, 3.8) is 0 Å². The molecule has 1 unspecified atom stereocenters. The molecule has 0 radical (unpaired) electrons. The predicted octanol–water partition coefficient (Wildman–Crippen LogP) is 8.49. The molecule has 0 amide bonds. The van der Waals surface area contributed by atoms with Crippen molar-refractivity contribution < 1.29 is 0 Å². The second kappa shape index (κ2) is 7.40. The summed E-state index contributed by atoms with van der Waals surface area (Å²) in [5, 5.41) is 5.12. The highest BCUT2D eigenvalue weighted by atomic mass is 15.0. The molecule has 168 valence electrons. The molecule has 0 saturated carbocycles. The Balaban J connectivity index is 1.59. The van der Waals surface area contributed by atoms with Crippen LogP contribution in [-0.2, 0) is 0 Å². The van der Waals surface area contributed by atoms with Gasteiger partial charge >= 0.3 is 0 Å². The van der Waals surface area contributed by atoms with E-state index < -0.39 is 0 Å². The molecule has 0 N–H and O–H groups in total. The molecule has 2 nitrogen and oxygen atoms in total. The number of pyridine rings is 1. The molecular formula is C34H22N2. The minimum Gasteiger partial charge on any atom is -0.307 e. The molecule has 1 aliphatic rings. The van der Waals surface area contributed by atoms with Crippen LogP contribution in [0.4, 0.5) is 0 Å². The lowest BCUT2D eigenvalue weighted by Crippen LogP contribution is -1.99. The molecule has 0 fully saturated rings. The van der Waals surface area contributed by atoms with Crippen LogP contribution in [0.15, 0.2) is 128 Å². The molecule has 0 spiro atoms. The van der Waals surface area contributed by atoms with Gasteiger partial charge in [-0.3, -0.25) is 4.98 Å². The van der Waals surface area contributed by atoms with Crippen molar-refractivity contribution in [1.82, 2.24) is 9.55 Å². The first-order valence-corrected chi connectivity index (χ1v) is 12.4. The molecule has 1 aliphatic carbocycles. The normalized spacial score (nSPS) is 14.4. The fourth-order valence-electron chi connectivity index (χ4n) is 6.32. The van der Waals surface area contributed by atoms with Gasteiger partial charge in [0, 0.05) is 28.3 Å². The third-order valence-corrected chi connectivity index (χ3v) is 7.74. The maximum atomic E-state index is 4.47. The Morgan fingerprint density at radius 1 is 0.611 bits per heavy atom. The lowest BCUT2D eigenvalue weighted by molar-refractivity contribution is 1.02. The summed E-state index contributed by atoms with van der Waals surface area (Å²) in [4.78, 5) is 4.47. The Labute approximate surface area is 209 Å². The summed E-state index contributed by atoms with van der Waals surface area (Å²) < 4.78 is 2.40. The van der Waals surface area contributed by atoms with Gasteiger partial charge in [0.2, 0.25) is 0 Å². The van der Waals surface area contributed by atoms with Gasteiger partial charge in [0.1, 0.15) is 0 Å². The molecular weight excluding hydrogens is 436 g/mol. The number of fused-ring (bicyclic) bond motifs is 9. The van der Waals surface area contributed by atoms with E-state index in [-0.39, 0.29) is 5.92 Å². The Kier molecular flexibility index (Phi) is 4.03. The molecule has 7 aromatic rings. The first-order valence-electron chi connectivity index (χ1n) is 12.4. The molecule has 1 atom stereocenters. The zero-order valence-corrected chi connectivity index (χ0v) is 19.6. The third kappa shape index (κ3) is 2.59. The average molecular weight is 459 g/mol.